The highest BCUT2D eigenvalue weighted by Gasteiger charge is 2.59. The van der Waals surface area contributed by atoms with Crippen molar-refractivity contribution in [2.24, 2.45) is 28.5 Å². The number of amides is 2. The number of para-hydroxylation sites is 1. The number of nitrogens with two attached hydrogens (primary N) is 1. The zero-order chi connectivity index (χ0) is 27.4. The molecule has 2 aromatic rings. The van der Waals surface area contributed by atoms with Crippen LogP contribution in [0.25, 0.3) is 0 Å². The third-order valence-electron chi connectivity index (χ3n) is 7.63. The summed E-state index contributed by atoms with van der Waals surface area (Å²) in [6.45, 7) is 5.54. The van der Waals surface area contributed by atoms with Gasteiger partial charge in [0.25, 0.3) is 0 Å². The Morgan fingerprint density at radius 2 is 1.97 bits per heavy atom. The lowest BCUT2D eigenvalue weighted by Crippen LogP contribution is -2.52. The maximum Gasteiger partial charge on any atom is 0.425 e. The summed E-state index contributed by atoms with van der Waals surface area (Å²) in [6.07, 6.45) is -3.63. The third-order valence-corrected chi connectivity index (χ3v) is 7.63. The Morgan fingerprint density at radius 1 is 1.24 bits per heavy atom. The fourth-order valence-corrected chi connectivity index (χ4v) is 5.79. The summed E-state index contributed by atoms with van der Waals surface area (Å²) < 4.78 is 45.9. The Bertz CT molecular complexity index is 1270. The highest BCUT2D eigenvalue weighted by Crippen LogP contribution is 2.56. The lowest BCUT2D eigenvalue weighted by Gasteiger charge is -2.38. The van der Waals surface area contributed by atoms with E-state index in [2.05, 4.69) is 15.3 Å². The van der Waals surface area contributed by atoms with Gasteiger partial charge in [0.1, 0.15) is 5.75 Å². The SMILES string of the molecule is CC1C(C(c2cccnc2)N2C(=O)CC(C)(C)N=C2N)[C@@H]1C(=O)N[C@H]1CC(C(F)(F)F)Oc2ccccc21. The number of alkyl halides is 3. The average molecular weight is 530 g/mol. The largest absolute Gasteiger partial charge is 0.480 e. The molecule has 202 valence electrons. The number of aromatic nitrogens is 1. The summed E-state index contributed by atoms with van der Waals surface area (Å²) in [5.41, 5.74) is 6.85. The first kappa shape index (κ1) is 26.0. The molecule has 2 amide bonds. The molecule has 2 aliphatic heterocycles. The topological polar surface area (TPSA) is 110 Å². The Kier molecular flexibility index (Phi) is 6.35. The van der Waals surface area contributed by atoms with Gasteiger partial charge in [-0.3, -0.25) is 19.5 Å². The molecule has 6 atom stereocenters. The zero-order valence-electron chi connectivity index (χ0n) is 21.3. The molecule has 0 radical (unpaired) electrons. The highest BCUT2D eigenvalue weighted by molar-refractivity contribution is 5.99. The van der Waals surface area contributed by atoms with Crippen LogP contribution in [0.15, 0.2) is 53.8 Å². The zero-order valence-corrected chi connectivity index (χ0v) is 21.3. The Labute approximate surface area is 218 Å². The average Bonchev–Trinajstić information content (AvgIpc) is 3.50. The van der Waals surface area contributed by atoms with Crippen LogP contribution in [0.2, 0.25) is 0 Å². The van der Waals surface area contributed by atoms with Gasteiger partial charge in [0.15, 0.2) is 12.1 Å². The van der Waals surface area contributed by atoms with Crippen LogP contribution in [0.1, 0.15) is 56.8 Å². The molecule has 3 N–H and O–H groups in total. The molecule has 1 aromatic carbocycles. The summed E-state index contributed by atoms with van der Waals surface area (Å²) in [7, 11) is 0. The first-order valence-electron chi connectivity index (χ1n) is 12.6. The Morgan fingerprint density at radius 3 is 2.63 bits per heavy atom. The molecule has 3 aliphatic rings. The fraction of sp³-hybridized carbons (Fsp3) is 0.481. The molecule has 11 heteroatoms. The summed E-state index contributed by atoms with van der Waals surface area (Å²) in [4.78, 5) is 36.9. The van der Waals surface area contributed by atoms with Gasteiger partial charge in [-0.15, -0.1) is 0 Å². The molecule has 8 nitrogen and oxygen atoms in total. The quantitative estimate of drug-likeness (QED) is 0.611. The van der Waals surface area contributed by atoms with Crippen molar-refractivity contribution in [3.05, 3.63) is 59.9 Å². The van der Waals surface area contributed by atoms with Crippen LogP contribution in [-0.4, -0.2) is 45.5 Å². The number of nitrogens with zero attached hydrogens (tertiary/aromatic N) is 3. The molecule has 3 heterocycles. The summed E-state index contributed by atoms with van der Waals surface area (Å²) >= 11 is 0. The van der Waals surface area contributed by atoms with Crippen molar-refractivity contribution in [3.63, 3.8) is 0 Å². The summed E-state index contributed by atoms with van der Waals surface area (Å²) in [5, 5.41) is 2.84. The van der Waals surface area contributed by atoms with Crippen molar-refractivity contribution < 1.29 is 27.5 Å². The molecular weight excluding hydrogens is 499 g/mol. The van der Waals surface area contributed by atoms with Crippen molar-refractivity contribution in [2.45, 2.75) is 63.5 Å². The minimum atomic E-state index is -4.57. The molecule has 4 unspecified atom stereocenters. The smallest absolute Gasteiger partial charge is 0.425 e. The number of hydrogen-bond acceptors (Lipinski definition) is 6. The minimum Gasteiger partial charge on any atom is -0.480 e. The van der Waals surface area contributed by atoms with E-state index in [0.717, 1.165) is 0 Å². The van der Waals surface area contributed by atoms with Crippen molar-refractivity contribution >= 4 is 17.8 Å². The van der Waals surface area contributed by atoms with Gasteiger partial charge in [-0.25, -0.2) is 4.99 Å². The fourth-order valence-electron chi connectivity index (χ4n) is 5.79. The maximum atomic E-state index is 13.6. The number of aliphatic imine (C=N–C) groups is 1. The maximum absolute atomic E-state index is 13.6. The molecule has 1 aliphatic carbocycles. The molecule has 0 saturated heterocycles. The van der Waals surface area contributed by atoms with Crippen LogP contribution in [0.3, 0.4) is 0 Å². The van der Waals surface area contributed by atoms with Crippen LogP contribution in [0.5, 0.6) is 5.75 Å². The second-order valence-corrected chi connectivity index (χ2v) is 10.9. The van der Waals surface area contributed by atoms with Crippen LogP contribution in [0, 0.1) is 17.8 Å². The number of carbonyl (C=O) groups is 2. The van der Waals surface area contributed by atoms with Crippen LogP contribution in [0.4, 0.5) is 13.2 Å². The molecule has 0 spiro atoms. The van der Waals surface area contributed by atoms with E-state index < -0.39 is 42.2 Å². The van der Waals surface area contributed by atoms with Crippen molar-refractivity contribution in [1.82, 2.24) is 15.2 Å². The molecule has 1 aromatic heterocycles. The predicted octanol–water partition coefficient (Wildman–Crippen LogP) is 3.90. The number of pyridine rings is 1. The monoisotopic (exact) mass is 529 g/mol. The third kappa shape index (κ3) is 4.81. The lowest BCUT2D eigenvalue weighted by atomic mass is 9.94. The highest BCUT2D eigenvalue weighted by atomic mass is 19.4. The molecule has 0 bridgehead atoms. The van der Waals surface area contributed by atoms with Crippen LogP contribution >= 0.6 is 0 Å². The second-order valence-electron chi connectivity index (χ2n) is 10.9. The standard InChI is InChI=1S/C27H30F3N5O3/c1-14-21(23(15-7-6-10-32-13-15)35-20(36)12-26(2,3)34-25(35)31)22(14)24(37)33-17-11-19(27(28,29)30)38-18-9-5-4-8-16(17)18/h4-10,13-14,17,19,21-23H,11-12H2,1-3H3,(H2,31,34)(H,33,37)/t14?,17-,19?,21?,22+,23?/m0/s1. The number of fused-ring (bicyclic) bond motifs is 1. The first-order chi connectivity index (χ1) is 17.9. The number of nitrogens with one attached hydrogen (secondary N) is 1. The second kappa shape index (κ2) is 9.28. The predicted molar refractivity (Wildman–Crippen MR) is 133 cm³/mol. The van der Waals surface area contributed by atoms with Crippen LogP contribution < -0.4 is 15.8 Å². The first-order valence-corrected chi connectivity index (χ1v) is 12.6. The van der Waals surface area contributed by atoms with Crippen molar-refractivity contribution in [2.75, 3.05) is 0 Å². The number of halogens is 3. The van der Waals surface area contributed by atoms with Gasteiger partial charge in [0, 0.05) is 30.3 Å². The van der Waals surface area contributed by atoms with Gasteiger partial charge in [-0.2, -0.15) is 13.2 Å². The van der Waals surface area contributed by atoms with Gasteiger partial charge < -0.3 is 15.8 Å². The number of benzene rings is 1. The molecular formula is C27H30F3N5O3. The Balaban J connectivity index is 1.42. The van der Waals surface area contributed by atoms with Gasteiger partial charge >= 0.3 is 6.18 Å². The summed E-state index contributed by atoms with van der Waals surface area (Å²) in [6, 6.07) is 8.52. The van der Waals surface area contributed by atoms with E-state index in [9.17, 15) is 22.8 Å². The van der Waals surface area contributed by atoms with E-state index in [-0.39, 0.29) is 41.8 Å². The van der Waals surface area contributed by atoms with Gasteiger partial charge in [0.05, 0.1) is 24.0 Å². The van der Waals surface area contributed by atoms with Gasteiger partial charge in [-0.05, 0) is 43.4 Å². The van der Waals surface area contributed by atoms with E-state index in [1.807, 2.05) is 26.8 Å². The number of hydrogen-bond donors (Lipinski definition) is 2. The molecule has 38 heavy (non-hydrogen) atoms. The van der Waals surface area contributed by atoms with E-state index in [0.29, 0.717) is 11.1 Å². The van der Waals surface area contributed by atoms with Gasteiger partial charge in [-0.1, -0.05) is 31.2 Å². The lowest BCUT2D eigenvalue weighted by molar-refractivity contribution is -0.201. The van der Waals surface area contributed by atoms with Crippen molar-refractivity contribution in [1.29, 1.82) is 0 Å². The van der Waals surface area contributed by atoms with E-state index in [1.165, 1.54) is 11.0 Å². The van der Waals surface area contributed by atoms with E-state index >= 15 is 0 Å². The summed E-state index contributed by atoms with van der Waals surface area (Å²) in [5.74, 6) is -1.44. The number of ether oxygens (including phenoxy) is 1. The van der Waals surface area contributed by atoms with Crippen molar-refractivity contribution in [3.8, 4) is 5.75 Å². The van der Waals surface area contributed by atoms with Crippen LogP contribution in [-0.2, 0) is 9.59 Å². The number of carbonyl (C=O) groups excluding carboxylic acids is 2. The van der Waals surface area contributed by atoms with E-state index in [1.54, 1.807) is 36.7 Å². The molecule has 1 fully saturated rings. The minimum absolute atomic E-state index is 0.0738. The number of rotatable bonds is 5. The van der Waals surface area contributed by atoms with E-state index in [4.69, 9.17) is 10.5 Å². The molecule has 1 saturated carbocycles. The Hall–Kier alpha value is -3.63. The van der Waals surface area contributed by atoms with Gasteiger partial charge in [0.2, 0.25) is 11.8 Å². The molecule has 5 rings (SSSR count). The number of guanidine groups is 1. The normalized spacial score (nSPS) is 29.0.